The third kappa shape index (κ3) is 2.52. The van der Waals surface area contributed by atoms with Gasteiger partial charge in [-0.05, 0) is 12.1 Å². The van der Waals surface area contributed by atoms with Gasteiger partial charge in [-0.2, -0.15) is 13.2 Å². The molecule has 18 heavy (non-hydrogen) atoms. The van der Waals surface area contributed by atoms with Gasteiger partial charge >= 0.3 is 6.18 Å². The van der Waals surface area contributed by atoms with Gasteiger partial charge in [-0.25, -0.2) is 0 Å². The number of hydrogen-bond donors (Lipinski definition) is 0. The van der Waals surface area contributed by atoms with Crippen molar-refractivity contribution in [3.05, 3.63) is 29.8 Å². The van der Waals surface area contributed by atoms with Crippen molar-refractivity contribution in [1.82, 2.24) is 0 Å². The van der Waals surface area contributed by atoms with E-state index < -0.39 is 18.5 Å². The van der Waals surface area contributed by atoms with E-state index in [0.717, 1.165) is 4.90 Å². The summed E-state index contributed by atoms with van der Waals surface area (Å²) in [6, 6.07) is 6.21. The molecule has 3 nitrogen and oxygen atoms in total. The molecular weight excluding hydrogens is 247 g/mol. The predicted molar refractivity (Wildman–Crippen MR) is 58.4 cm³/mol. The summed E-state index contributed by atoms with van der Waals surface area (Å²) in [5.74, 6) is -1.18. The molecule has 6 heteroatoms. The van der Waals surface area contributed by atoms with Crippen LogP contribution < -0.4 is 4.90 Å². The summed E-state index contributed by atoms with van der Waals surface area (Å²) in [6.45, 7) is 0.00472. The van der Waals surface area contributed by atoms with Crippen LogP contribution in [0.3, 0.4) is 0 Å². The quantitative estimate of drug-likeness (QED) is 0.775. The maximum absolute atomic E-state index is 12.2. The smallest absolute Gasteiger partial charge is 0.311 e. The molecule has 2 rings (SSSR count). The fraction of sp³-hybridized carbons (Fsp3) is 0.333. The number of fused-ring (bicyclic) bond motifs is 1. The fourth-order valence-corrected chi connectivity index (χ4v) is 1.94. The number of amides is 1. The zero-order valence-corrected chi connectivity index (χ0v) is 9.33. The summed E-state index contributed by atoms with van der Waals surface area (Å²) in [5.41, 5.74) is 0.572. The van der Waals surface area contributed by atoms with E-state index in [4.69, 9.17) is 0 Å². The number of ketones is 1. The van der Waals surface area contributed by atoms with E-state index in [-0.39, 0.29) is 24.4 Å². The highest BCUT2D eigenvalue weighted by Gasteiger charge is 2.36. The van der Waals surface area contributed by atoms with Crippen molar-refractivity contribution >= 4 is 17.4 Å². The van der Waals surface area contributed by atoms with Gasteiger partial charge in [0.15, 0.2) is 5.78 Å². The van der Waals surface area contributed by atoms with Gasteiger partial charge < -0.3 is 4.90 Å². The zero-order chi connectivity index (χ0) is 13.3. The number of hydrogen-bond acceptors (Lipinski definition) is 2. The van der Waals surface area contributed by atoms with Gasteiger partial charge in [0.05, 0.1) is 5.69 Å². The van der Waals surface area contributed by atoms with E-state index in [2.05, 4.69) is 0 Å². The molecule has 0 aliphatic carbocycles. The first-order valence-electron chi connectivity index (χ1n) is 5.38. The molecule has 1 aromatic rings. The monoisotopic (exact) mass is 257 g/mol. The molecule has 0 aromatic heterocycles. The minimum absolute atomic E-state index is 0.00472. The van der Waals surface area contributed by atoms with Gasteiger partial charge in [0.1, 0.15) is 6.42 Å². The molecule has 96 valence electrons. The van der Waals surface area contributed by atoms with Crippen LogP contribution in [0.25, 0.3) is 0 Å². The average molecular weight is 257 g/mol. The number of benzene rings is 1. The molecular formula is C12H10F3NO2. The highest BCUT2D eigenvalue weighted by molar-refractivity contribution is 6.08. The Labute approximate surface area is 101 Å². The normalized spacial score (nSPS) is 15.5. The van der Waals surface area contributed by atoms with Crippen LogP contribution in [0.15, 0.2) is 24.3 Å². The lowest BCUT2D eigenvalue weighted by atomic mass is 10.00. The van der Waals surface area contributed by atoms with E-state index >= 15 is 0 Å². The minimum atomic E-state index is -4.53. The zero-order valence-electron chi connectivity index (χ0n) is 9.33. The van der Waals surface area contributed by atoms with Crippen molar-refractivity contribution < 1.29 is 22.8 Å². The summed E-state index contributed by atoms with van der Waals surface area (Å²) >= 11 is 0. The Morgan fingerprint density at radius 1 is 1.28 bits per heavy atom. The van der Waals surface area contributed by atoms with Crippen LogP contribution in [-0.2, 0) is 4.79 Å². The third-order valence-corrected chi connectivity index (χ3v) is 2.71. The van der Waals surface area contributed by atoms with E-state index in [0.29, 0.717) is 5.56 Å². The number of halogens is 3. The molecule has 1 heterocycles. The molecule has 0 atom stereocenters. The molecule has 1 aliphatic rings. The Morgan fingerprint density at radius 2 is 1.94 bits per heavy atom. The topological polar surface area (TPSA) is 37.4 Å². The molecule has 0 bridgehead atoms. The molecule has 1 aromatic carbocycles. The van der Waals surface area contributed by atoms with Crippen LogP contribution in [0, 0.1) is 0 Å². The van der Waals surface area contributed by atoms with Crippen LogP contribution in [0.5, 0.6) is 0 Å². The Morgan fingerprint density at radius 3 is 2.61 bits per heavy atom. The second-order valence-electron chi connectivity index (χ2n) is 4.03. The molecule has 0 radical (unpaired) electrons. The molecule has 0 fully saturated rings. The summed E-state index contributed by atoms with van der Waals surface area (Å²) in [5, 5.41) is 0. The van der Waals surface area contributed by atoms with Gasteiger partial charge in [0.2, 0.25) is 5.91 Å². The maximum Gasteiger partial charge on any atom is 0.397 e. The molecule has 1 amide bonds. The molecule has 1 aliphatic heterocycles. The van der Waals surface area contributed by atoms with Gasteiger partial charge in [-0.3, -0.25) is 9.59 Å². The Balaban J connectivity index is 2.29. The SMILES string of the molecule is O=C1CCN(C(=O)CC(F)(F)F)c2ccccc21. The Hall–Kier alpha value is -1.85. The minimum Gasteiger partial charge on any atom is -0.311 e. The van der Waals surface area contributed by atoms with Crippen molar-refractivity contribution in [3.63, 3.8) is 0 Å². The molecule has 0 spiro atoms. The lowest BCUT2D eigenvalue weighted by molar-refractivity contribution is -0.151. The Bertz CT molecular complexity index is 496. The van der Waals surface area contributed by atoms with Gasteiger partial charge in [0, 0.05) is 18.5 Å². The van der Waals surface area contributed by atoms with Crippen LogP contribution >= 0.6 is 0 Å². The lowest BCUT2D eigenvalue weighted by Gasteiger charge is -2.28. The number of nitrogens with zero attached hydrogens (tertiary/aromatic N) is 1. The largest absolute Gasteiger partial charge is 0.397 e. The van der Waals surface area contributed by atoms with Crippen molar-refractivity contribution in [2.75, 3.05) is 11.4 Å². The van der Waals surface area contributed by atoms with Gasteiger partial charge in [-0.1, -0.05) is 12.1 Å². The molecule has 0 unspecified atom stereocenters. The van der Waals surface area contributed by atoms with E-state index in [1.807, 2.05) is 0 Å². The van der Waals surface area contributed by atoms with Crippen LogP contribution in [0.1, 0.15) is 23.2 Å². The summed E-state index contributed by atoms with van der Waals surface area (Å²) in [6.07, 6.45) is -5.98. The summed E-state index contributed by atoms with van der Waals surface area (Å²) in [4.78, 5) is 24.2. The fourth-order valence-electron chi connectivity index (χ4n) is 1.94. The number of rotatable bonds is 1. The molecule has 0 saturated carbocycles. The van der Waals surface area contributed by atoms with E-state index in [9.17, 15) is 22.8 Å². The number of anilines is 1. The first kappa shape index (κ1) is 12.6. The lowest BCUT2D eigenvalue weighted by Crippen LogP contribution is -2.39. The van der Waals surface area contributed by atoms with Crippen LogP contribution in [-0.4, -0.2) is 24.4 Å². The first-order chi connectivity index (χ1) is 8.38. The average Bonchev–Trinajstić information content (AvgIpc) is 2.27. The predicted octanol–water partition coefficient (Wildman–Crippen LogP) is 2.56. The number of para-hydroxylation sites is 1. The number of carbonyl (C=O) groups excluding carboxylic acids is 2. The van der Waals surface area contributed by atoms with E-state index in [1.54, 1.807) is 12.1 Å². The molecule has 0 saturated heterocycles. The third-order valence-electron chi connectivity index (χ3n) is 2.71. The number of Topliss-reactive ketones (excluding diaryl/α,β-unsaturated/α-hetero) is 1. The second kappa shape index (κ2) is 4.44. The van der Waals surface area contributed by atoms with Crippen molar-refractivity contribution in [1.29, 1.82) is 0 Å². The summed E-state index contributed by atoms with van der Waals surface area (Å²) in [7, 11) is 0. The van der Waals surface area contributed by atoms with Gasteiger partial charge in [-0.15, -0.1) is 0 Å². The number of carbonyl (C=O) groups is 2. The maximum atomic E-state index is 12.2. The Kier molecular flexibility index (Phi) is 3.11. The van der Waals surface area contributed by atoms with Crippen LogP contribution in [0.2, 0.25) is 0 Å². The number of alkyl halides is 3. The molecule has 0 N–H and O–H groups in total. The second-order valence-corrected chi connectivity index (χ2v) is 4.03. The van der Waals surface area contributed by atoms with Gasteiger partial charge in [0.25, 0.3) is 0 Å². The summed E-state index contributed by atoms with van der Waals surface area (Å²) < 4.78 is 36.6. The van der Waals surface area contributed by atoms with Crippen LogP contribution in [0.4, 0.5) is 18.9 Å². The highest BCUT2D eigenvalue weighted by Crippen LogP contribution is 2.29. The first-order valence-corrected chi connectivity index (χ1v) is 5.38. The van der Waals surface area contributed by atoms with Crippen molar-refractivity contribution in [2.45, 2.75) is 19.0 Å². The van der Waals surface area contributed by atoms with E-state index in [1.165, 1.54) is 12.1 Å². The van der Waals surface area contributed by atoms with Crippen molar-refractivity contribution in [2.24, 2.45) is 0 Å². The highest BCUT2D eigenvalue weighted by atomic mass is 19.4. The van der Waals surface area contributed by atoms with Crippen molar-refractivity contribution in [3.8, 4) is 0 Å². The standard InChI is InChI=1S/C12H10F3NO2/c13-12(14,15)7-11(18)16-6-5-10(17)8-3-1-2-4-9(8)16/h1-4H,5-7H2.